The van der Waals surface area contributed by atoms with Gasteiger partial charge in [-0.2, -0.15) is 0 Å². The first kappa shape index (κ1) is 10.8. The van der Waals surface area contributed by atoms with Crippen molar-refractivity contribution >= 4 is 5.97 Å². The van der Waals surface area contributed by atoms with Gasteiger partial charge in [0.2, 0.25) is 0 Å². The van der Waals surface area contributed by atoms with Crippen LogP contribution in [0.5, 0.6) is 0 Å². The summed E-state index contributed by atoms with van der Waals surface area (Å²) in [5.74, 6) is -0.942. The molecule has 1 atom stereocenters. The largest absolute Gasteiger partial charge is 0.481 e. The van der Waals surface area contributed by atoms with Crippen molar-refractivity contribution in [3.05, 3.63) is 34.9 Å². The van der Waals surface area contributed by atoms with Gasteiger partial charge in [-0.25, -0.2) is 0 Å². The summed E-state index contributed by atoms with van der Waals surface area (Å²) in [6.07, 6.45) is 5.66. The monoisotopic (exact) mass is 230 g/mol. The van der Waals surface area contributed by atoms with E-state index in [4.69, 9.17) is 0 Å². The van der Waals surface area contributed by atoms with Gasteiger partial charge in [0.1, 0.15) is 0 Å². The van der Waals surface area contributed by atoms with E-state index < -0.39 is 5.97 Å². The zero-order chi connectivity index (χ0) is 12.0. The Morgan fingerprint density at radius 1 is 1.35 bits per heavy atom. The number of hydrogen-bond donors (Lipinski definition) is 1. The summed E-state index contributed by atoms with van der Waals surface area (Å²) in [5, 5.41) is 9.34. The van der Waals surface area contributed by atoms with Crippen molar-refractivity contribution in [3.8, 4) is 0 Å². The minimum Gasteiger partial charge on any atom is -0.481 e. The van der Waals surface area contributed by atoms with Crippen molar-refractivity contribution in [2.45, 2.75) is 50.4 Å². The predicted octanol–water partition coefficient (Wildman–Crippen LogP) is 3.38. The molecule has 2 aliphatic rings. The average molecular weight is 230 g/mol. The quantitative estimate of drug-likeness (QED) is 0.803. The van der Waals surface area contributed by atoms with E-state index in [2.05, 4.69) is 13.0 Å². The summed E-state index contributed by atoms with van der Waals surface area (Å²) in [4.78, 5) is 11.3. The van der Waals surface area contributed by atoms with Crippen molar-refractivity contribution in [3.63, 3.8) is 0 Å². The number of carbonyl (C=O) groups is 1. The van der Waals surface area contributed by atoms with Crippen LogP contribution >= 0.6 is 0 Å². The third kappa shape index (κ3) is 1.43. The van der Waals surface area contributed by atoms with Crippen LogP contribution in [-0.2, 0) is 10.2 Å². The summed E-state index contributed by atoms with van der Waals surface area (Å²) >= 11 is 0. The van der Waals surface area contributed by atoms with Crippen LogP contribution in [0.3, 0.4) is 0 Å². The van der Waals surface area contributed by atoms with Crippen LogP contribution in [0.4, 0.5) is 0 Å². The number of hydrogen-bond acceptors (Lipinski definition) is 1. The lowest BCUT2D eigenvalue weighted by Gasteiger charge is -2.48. The van der Waals surface area contributed by atoms with Gasteiger partial charge in [-0.05, 0) is 54.7 Å². The highest BCUT2D eigenvalue weighted by Gasteiger charge is 2.46. The second-order valence-corrected chi connectivity index (χ2v) is 5.60. The van der Waals surface area contributed by atoms with E-state index in [-0.39, 0.29) is 5.92 Å². The molecule has 2 aliphatic carbocycles. The van der Waals surface area contributed by atoms with Crippen LogP contribution in [0.15, 0.2) is 18.2 Å². The maximum Gasteiger partial charge on any atom is 0.310 e. The fourth-order valence-electron chi connectivity index (χ4n) is 3.77. The molecule has 1 N–H and O–H groups in total. The van der Waals surface area contributed by atoms with Gasteiger partial charge in [0.05, 0.1) is 5.92 Å². The third-order valence-corrected chi connectivity index (χ3v) is 4.73. The molecule has 0 aliphatic heterocycles. The van der Waals surface area contributed by atoms with Crippen molar-refractivity contribution in [2.24, 2.45) is 0 Å². The van der Waals surface area contributed by atoms with E-state index in [1.165, 1.54) is 30.4 Å². The normalized spacial score (nSPS) is 25.1. The minimum atomic E-state index is -0.661. The molecule has 0 aromatic heterocycles. The highest BCUT2D eigenvalue weighted by atomic mass is 16.4. The van der Waals surface area contributed by atoms with E-state index in [9.17, 15) is 9.90 Å². The third-order valence-electron chi connectivity index (χ3n) is 4.73. The lowest BCUT2D eigenvalue weighted by Crippen LogP contribution is -2.40. The van der Waals surface area contributed by atoms with E-state index >= 15 is 0 Å². The molecule has 2 nitrogen and oxygen atoms in total. The molecule has 1 unspecified atom stereocenters. The minimum absolute atomic E-state index is 0.281. The molecule has 1 aromatic rings. The number of rotatable bonds is 1. The van der Waals surface area contributed by atoms with Crippen molar-refractivity contribution in [1.29, 1.82) is 0 Å². The maximum absolute atomic E-state index is 11.3. The Morgan fingerprint density at radius 3 is 2.71 bits per heavy atom. The summed E-state index contributed by atoms with van der Waals surface area (Å²) < 4.78 is 0. The number of fused-ring (bicyclic) bond motifs is 2. The van der Waals surface area contributed by atoms with Gasteiger partial charge in [-0.15, -0.1) is 0 Å². The first-order valence-corrected chi connectivity index (χ1v) is 6.47. The molecule has 90 valence electrons. The zero-order valence-electron chi connectivity index (χ0n) is 10.2. The van der Waals surface area contributed by atoms with E-state index in [0.717, 1.165) is 18.4 Å². The van der Waals surface area contributed by atoms with Crippen LogP contribution in [0.1, 0.15) is 54.7 Å². The summed E-state index contributed by atoms with van der Waals surface area (Å²) in [7, 11) is 0. The highest BCUT2D eigenvalue weighted by molar-refractivity contribution is 5.78. The van der Waals surface area contributed by atoms with E-state index in [1.54, 1.807) is 0 Å². The highest BCUT2D eigenvalue weighted by Crippen LogP contribution is 2.54. The fourth-order valence-corrected chi connectivity index (χ4v) is 3.77. The van der Waals surface area contributed by atoms with Gasteiger partial charge < -0.3 is 5.11 Å². The Morgan fingerprint density at radius 2 is 2.12 bits per heavy atom. The molecule has 0 heterocycles. The Bertz CT molecular complexity index is 472. The lowest BCUT2D eigenvalue weighted by atomic mass is 9.55. The van der Waals surface area contributed by atoms with Crippen LogP contribution in [-0.4, -0.2) is 11.1 Å². The molecular weight excluding hydrogens is 212 g/mol. The Kier molecular flexibility index (Phi) is 2.29. The summed E-state index contributed by atoms with van der Waals surface area (Å²) in [6.45, 7) is 2.13. The first-order valence-electron chi connectivity index (χ1n) is 6.47. The van der Waals surface area contributed by atoms with Gasteiger partial charge in [0, 0.05) is 0 Å². The van der Waals surface area contributed by atoms with Crippen LogP contribution < -0.4 is 0 Å². The second kappa shape index (κ2) is 3.59. The number of carboxylic acid groups (broad SMARTS) is 1. The zero-order valence-corrected chi connectivity index (χ0v) is 10.2. The second-order valence-electron chi connectivity index (χ2n) is 5.60. The molecule has 1 fully saturated rings. The molecular formula is C15H18O2. The number of aryl methyl sites for hydroxylation is 1. The Labute approximate surface area is 102 Å². The molecule has 0 radical (unpaired) electrons. The summed E-state index contributed by atoms with van der Waals surface area (Å²) in [5.41, 5.74) is 4.06. The standard InChI is InChI=1S/C15H18O2/c1-10-4-2-5-11-12(14(16)17)6-9-15(13(10)11)7-3-8-15/h2,4-5,12H,3,6-9H2,1H3,(H,16,17). The maximum atomic E-state index is 11.3. The molecule has 0 bridgehead atoms. The molecule has 0 saturated heterocycles. The van der Waals surface area contributed by atoms with Gasteiger partial charge in [-0.3, -0.25) is 4.79 Å². The van der Waals surface area contributed by atoms with E-state index in [0.29, 0.717) is 5.41 Å². The van der Waals surface area contributed by atoms with Gasteiger partial charge >= 0.3 is 5.97 Å². The lowest BCUT2D eigenvalue weighted by molar-refractivity contribution is -0.139. The van der Waals surface area contributed by atoms with Gasteiger partial charge in [-0.1, -0.05) is 24.6 Å². The topological polar surface area (TPSA) is 37.3 Å². The molecule has 3 rings (SSSR count). The van der Waals surface area contributed by atoms with Gasteiger partial charge in [0.15, 0.2) is 0 Å². The Hall–Kier alpha value is -1.31. The van der Waals surface area contributed by atoms with Crippen LogP contribution in [0.2, 0.25) is 0 Å². The predicted molar refractivity (Wildman–Crippen MR) is 66.3 cm³/mol. The first-order chi connectivity index (χ1) is 8.14. The molecule has 2 heteroatoms. The average Bonchev–Trinajstić information content (AvgIpc) is 2.25. The number of carboxylic acids is 1. The molecule has 17 heavy (non-hydrogen) atoms. The number of aliphatic carboxylic acids is 1. The molecule has 1 aromatic carbocycles. The molecule has 1 saturated carbocycles. The van der Waals surface area contributed by atoms with Crippen molar-refractivity contribution < 1.29 is 9.90 Å². The smallest absolute Gasteiger partial charge is 0.310 e. The van der Waals surface area contributed by atoms with Crippen molar-refractivity contribution in [2.75, 3.05) is 0 Å². The molecule has 0 amide bonds. The van der Waals surface area contributed by atoms with E-state index in [1.807, 2.05) is 12.1 Å². The SMILES string of the molecule is Cc1cccc2c1C1(CCC1)CCC2C(=O)O. The molecule has 1 spiro atoms. The van der Waals surface area contributed by atoms with Crippen LogP contribution in [0, 0.1) is 6.92 Å². The summed E-state index contributed by atoms with van der Waals surface area (Å²) in [6, 6.07) is 6.16. The Balaban J connectivity index is 2.16. The number of benzene rings is 1. The fraction of sp³-hybridized carbons (Fsp3) is 0.533. The van der Waals surface area contributed by atoms with Gasteiger partial charge in [0.25, 0.3) is 0 Å². The van der Waals surface area contributed by atoms with Crippen molar-refractivity contribution in [1.82, 2.24) is 0 Å². The van der Waals surface area contributed by atoms with Crippen LogP contribution in [0.25, 0.3) is 0 Å².